The van der Waals surface area contributed by atoms with Gasteiger partial charge in [-0.2, -0.15) is 0 Å². The van der Waals surface area contributed by atoms with Gasteiger partial charge >= 0.3 is 0 Å². The Bertz CT molecular complexity index is 1340. The summed E-state index contributed by atoms with van der Waals surface area (Å²) in [6.07, 6.45) is 12.0. The van der Waals surface area contributed by atoms with Crippen molar-refractivity contribution >= 4 is 22.4 Å². The van der Waals surface area contributed by atoms with E-state index in [1.54, 1.807) is 0 Å². The molecule has 1 aromatic heterocycles. The van der Waals surface area contributed by atoms with Crippen LogP contribution in [0.1, 0.15) is 72.0 Å². The molecule has 186 valence electrons. The highest BCUT2D eigenvalue weighted by atomic mass is 16.5. The number of hydrogen-bond donors (Lipinski definition) is 1. The number of nitrogens with one attached hydrogen (secondary N) is 1. The zero-order chi connectivity index (χ0) is 24.7. The molecule has 1 N–H and O–H groups in total. The Balaban J connectivity index is 1.28. The first-order valence-electron chi connectivity index (χ1n) is 13.4. The minimum atomic E-state index is -0.346. The molecule has 3 aliphatic rings. The second-order valence-corrected chi connectivity index (χ2v) is 10.8. The third-order valence-corrected chi connectivity index (χ3v) is 8.34. The molecule has 1 aliphatic heterocycles. The normalized spacial score (nSPS) is 20.9. The molecule has 2 aliphatic carbocycles. The summed E-state index contributed by atoms with van der Waals surface area (Å²) >= 11 is 0. The molecule has 6 rings (SSSR count). The molecule has 1 atom stereocenters. The van der Waals surface area contributed by atoms with Crippen LogP contribution in [-0.2, 0) is 5.54 Å². The number of amides is 1. The summed E-state index contributed by atoms with van der Waals surface area (Å²) in [4.78, 5) is 20.6. The van der Waals surface area contributed by atoms with Gasteiger partial charge in [-0.15, -0.1) is 0 Å². The SMILES string of the molecule is Cc1ccc(OCC2CCN2C)cc1C(=O)NC1(c2cc(C3=CCCCC3)cc3ncccc23)CC1. The second-order valence-electron chi connectivity index (χ2n) is 10.8. The summed E-state index contributed by atoms with van der Waals surface area (Å²) in [5, 5.41) is 4.57. The van der Waals surface area contributed by atoms with Crippen LogP contribution in [0.4, 0.5) is 0 Å². The molecule has 1 saturated carbocycles. The van der Waals surface area contributed by atoms with Gasteiger partial charge in [-0.1, -0.05) is 18.2 Å². The van der Waals surface area contributed by atoms with Gasteiger partial charge in [-0.3, -0.25) is 14.7 Å². The Hall–Kier alpha value is -3.18. The van der Waals surface area contributed by atoms with Gasteiger partial charge < -0.3 is 10.1 Å². The first kappa shape index (κ1) is 23.2. The highest BCUT2D eigenvalue weighted by Crippen LogP contribution is 2.49. The molecule has 36 heavy (non-hydrogen) atoms. The Morgan fingerprint density at radius 2 is 2.08 bits per heavy atom. The van der Waals surface area contributed by atoms with Crippen LogP contribution in [-0.4, -0.2) is 42.0 Å². The summed E-state index contributed by atoms with van der Waals surface area (Å²) in [5.41, 5.74) is 6.17. The maximum absolute atomic E-state index is 13.6. The molecule has 0 spiro atoms. The van der Waals surface area contributed by atoms with Gasteiger partial charge in [0.1, 0.15) is 12.4 Å². The van der Waals surface area contributed by atoms with E-state index in [0.29, 0.717) is 18.2 Å². The van der Waals surface area contributed by atoms with Crippen molar-refractivity contribution in [3.8, 4) is 5.75 Å². The van der Waals surface area contributed by atoms with E-state index in [9.17, 15) is 4.79 Å². The molecule has 1 amide bonds. The van der Waals surface area contributed by atoms with Gasteiger partial charge in [0.25, 0.3) is 5.91 Å². The lowest BCUT2D eigenvalue weighted by molar-refractivity contribution is 0.0767. The van der Waals surface area contributed by atoms with Gasteiger partial charge in [0.15, 0.2) is 0 Å². The number of carbonyl (C=O) groups excluding carboxylic acids is 1. The smallest absolute Gasteiger partial charge is 0.252 e. The number of rotatable bonds is 7. The van der Waals surface area contributed by atoms with Crippen LogP contribution in [0.5, 0.6) is 5.75 Å². The topological polar surface area (TPSA) is 54.5 Å². The maximum Gasteiger partial charge on any atom is 0.252 e. The number of hydrogen-bond acceptors (Lipinski definition) is 4. The van der Waals surface area contributed by atoms with E-state index in [4.69, 9.17) is 9.72 Å². The molecule has 1 unspecified atom stereocenters. The van der Waals surface area contributed by atoms with Crippen molar-refractivity contribution in [3.63, 3.8) is 0 Å². The summed E-state index contributed by atoms with van der Waals surface area (Å²) in [6, 6.07) is 15.0. The number of aromatic nitrogens is 1. The van der Waals surface area contributed by atoms with Gasteiger partial charge in [0.2, 0.25) is 0 Å². The largest absolute Gasteiger partial charge is 0.492 e. The van der Waals surface area contributed by atoms with Crippen molar-refractivity contribution < 1.29 is 9.53 Å². The van der Waals surface area contributed by atoms with E-state index in [0.717, 1.165) is 60.9 Å². The van der Waals surface area contributed by atoms with Crippen molar-refractivity contribution in [2.45, 2.75) is 63.5 Å². The number of carbonyl (C=O) groups is 1. The predicted octanol–water partition coefficient (Wildman–Crippen LogP) is 6.00. The zero-order valence-electron chi connectivity index (χ0n) is 21.3. The maximum atomic E-state index is 13.6. The number of allylic oxidation sites excluding steroid dienone is 2. The van der Waals surface area contributed by atoms with Crippen LogP contribution in [0.3, 0.4) is 0 Å². The molecular formula is C31H35N3O2. The van der Waals surface area contributed by atoms with Crippen LogP contribution in [0.2, 0.25) is 0 Å². The number of likely N-dealkylation sites (N-methyl/N-ethyl adjacent to an activating group) is 1. The van der Waals surface area contributed by atoms with Gasteiger partial charge in [-0.05, 0) is 118 Å². The van der Waals surface area contributed by atoms with Gasteiger partial charge in [0, 0.05) is 23.2 Å². The molecule has 0 radical (unpaired) electrons. The molecule has 2 heterocycles. The average molecular weight is 482 g/mol. The summed E-state index contributed by atoms with van der Waals surface area (Å²) < 4.78 is 6.06. The molecular weight excluding hydrogens is 446 g/mol. The monoisotopic (exact) mass is 481 g/mol. The quantitative estimate of drug-likeness (QED) is 0.450. The summed E-state index contributed by atoms with van der Waals surface area (Å²) in [6.45, 7) is 3.78. The lowest BCUT2D eigenvalue weighted by atomic mass is 9.89. The number of benzene rings is 2. The van der Waals surface area contributed by atoms with Crippen LogP contribution in [0.25, 0.3) is 16.5 Å². The third kappa shape index (κ3) is 4.41. The number of fused-ring (bicyclic) bond motifs is 1. The zero-order valence-corrected chi connectivity index (χ0v) is 21.3. The van der Waals surface area contributed by atoms with E-state index in [1.165, 1.54) is 29.5 Å². The molecule has 5 nitrogen and oxygen atoms in total. The molecule has 2 fully saturated rings. The minimum Gasteiger partial charge on any atom is -0.492 e. The average Bonchev–Trinajstić information content (AvgIpc) is 3.68. The number of pyridine rings is 1. The third-order valence-electron chi connectivity index (χ3n) is 8.34. The lowest BCUT2D eigenvalue weighted by Gasteiger charge is -2.37. The Morgan fingerprint density at radius 1 is 1.19 bits per heavy atom. The molecule has 5 heteroatoms. The molecule has 3 aromatic rings. The molecule has 0 bridgehead atoms. The summed E-state index contributed by atoms with van der Waals surface area (Å²) in [7, 11) is 2.12. The molecule has 1 saturated heterocycles. The van der Waals surface area contributed by atoms with Crippen LogP contribution in [0, 0.1) is 6.92 Å². The molecule has 2 aromatic carbocycles. The Labute approximate surface area is 213 Å². The van der Waals surface area contributed by atoms with Gasteiger partial charge in [-0.25, -0.2) is 0 Å². The van der Waals surface area contributed by atoms with E-state index in [2.05, 4.69) is 41.5 Å². The number of aryl methyl sites for hydroxylation is 1. The highest BCUT2D eigenvalue weighted by Gasteiger charge is 2.47. The van der Waals surface area contributed by atoms with E-state index in [-0.39, 0.29) is 11.4 Å². The number of nitrogens with zero attached hydrogens (tertiary/aromatic N) is 2. The van der Waals surface area contributed by atoms with Crippen LogP contribution >= 0.6 is 0 Å². The van der Waals surface area contributed by atoms with Gasteiger partial charge in [0.05, 0.1) is 11.1 Å². The first-order chi connectivity index (χ1) is 17.5. The predicted molar refractivity (Wildman–Crippen MR) is 144 cm³/mol. The summed E-state index contributed by atoms with van der Waals surface area (Å²) in [5.74, 6) is 0.729. The van der Waals surface area contributed by atoms with Crippen molar-refractivity contribution in [1.29, 1.82) is 0 Å². The van der Waals surface area contributed by atoms with Crippen molar-refractivity contribution in [3.05, 3.63) is 77.0 Å². The Morgan fingerprint density at radius 3 is 2.81 bits per heavy atom. The van der Waals surface area contributed by atoms with E-state index < -0.39 is 0 Å². The van der Waals surface area contributed by atoms with E-state index >= 15 is 0 Å². The number of ether oxygens (including phenoxy) is 1. The fourth-order valence-corrected chi connectivity index (χ4v) is 5.64. The van der Waals surface area contributed by atoms with E-state index in [1.807, 2.05) is 37.4 Å². The van der Waals surface area contributed by atoms with Crippen molar-refractivity contribution in [1.82, 2.24) is 15.2 Å². The van der Waals surface area contributed by atoms with Crippen molar-refractivity contribution in [2.24, 2.45) is 0 Å². The van der Waals surface area contributed by atoms with Crippen LogP contribution < -0.4 is 10.1 Å². The lowest BCUT2D eigenvalue weighted by Crippen LogP contribution is -2.48. The standard InChI is InChI=1S/C31H35N3O2/c1-21-10-11-25(36-20-24-12-16-34(24)2)19-27(21)30(35)33-31(13-14-31)28-17-23(22-7-4-3-5-8-22)18-29-26(28)9-6-15-32-29/h6-7,9-11,15,17-19,24H,3-5,8,12-14,16,20H2,1-2H3,(H,33,35). The van der Waals surface area contributed by atoms with Crippen LogP contribution in [0.15, 0.2) is 54.7 Å². The van der Waals surface area contributed by atoms with Crippen molar-refractivity contribution in [2.75, 3.05) is 20.2 Å². The fourth-order valence-electron chi connectivity index (χ4n) is 5.64. The fraction of sp³-hybridized carbons (Fsp3) is 0.419. The highest BCUT2D eigenvalue weighted by molar-refractivity contribution is 5.97. The Kier molecular flexibility index (Phi) is 6.04. The first-order valence-corrected chi connectivity index (χ1v) is 13.4. The second kappa shape index (κ2) is 9.36. The minimum absolute atomic E-state index is 0.0319. The number of likely N-dealkylation sites (tertiary alicyclic amines) is 1.